The van der Waals surface area contributed by atoms with E-state index in [4.69, 9.17) is 0 Å². The molecular weight excluding hydrogens is 124 g/mol. The molecular formula is C9H14O. The molecule has 0 bridgehead atoms. The van der Waals surface area contributed by atoms with E-state index in [-0.39, 0.29) is 6.10 Å². The highest BCUT2D eigenvalue weighted by Gasteiger charge is 2.05. The smallest absolute Gasteiger partial charge is 0.0758 e. The van der Waals surface area contributed by atoms with Gasteiger partial charge in [0.25, 0.3) is 0 Å². The molecule has 0 spiro atoms. The van der Waals surface area contributed by atoms with Crippen molar-refractivity contribution in [1.82, 2.24) is 0 Å². The van der Waals surface area contributed by atoms with Crippen LogP contribution in [0.5, 0.6) is 0 Å². The minimum atomic E-state index is -0.296. The van der Waals surface area contributed by atoms with Gasteiger partial charge in [0.15, 0.2) is 0 Å². The lowest BCUT2D eigenvalue weighted by Crippen LogP contribution is -2.04. The summed E-state index contributed by atoms with van der Waals surface area (Å²) in [4.78, 5) is 0. The average Bonchev–Trinajstić information content (AvgIpc) is 1.88. The molecule has 1 heteroatoms. The van der Waals surface area contributed by atoms with E-state index in [0.717, 1.165) is 18.4 Å². The van der Waals surface area contributed by atoms with E-state index in [0.29, 0.717) is 0 Å². The summed E-state index contributed by atoms with van der Waals surface area (Å²) >= 11 is 0. The van der Waals surface area contributed by atoms with Crippen molar-refractivity contribution in [2.75, 3.05) is 0 Å². The molecule has 1 rings (SSSR count). The molecule has 0 aliphatic heterocycles. The lowest BCUT2D eigenvalue weighted by atomic mass is 9.98. The summed E-state index contributed by atoms with van der Waals surface area (Å²) in [5, 5.41) is 9.18. The predicted molar refractivity (Wildman–Crippen MR) is 42.8 cm³/mol. The normalized spacial score (nSPS) is 21.5. The first-order valence-electron chi connectivity index (χ1n) is 3.75. The van der Waals surface area contributed by atoms with Gasteiger partial charge in [0.05, 0.1) is 6.10 Å². The van der Waals surface area contributed by atoms with E-state index < -0.39 is 0 Å². The Kier molecular flexibility index (Phi) is 2.28. The van der Waals surface area contributed by atoms with Crippen molar-refractivity contribution in [2.24, 2.45) is 0 Å². The summed E-state index contributed by atoms with van der Waals surface area (Å²) in [5.74, 6) is 0. The molecule has 0 fully saturated rings. The van der Waals surface area contributed by atoms with Crippen molar-refractivity contribution in [3.63, 3.8) is 0 Å². The van der Waals surface area contributed by atoms with E-state index in [9.17, 15) is 5.11 Å². The summed E-state index contributed by atoms with van der Waals surface area (Å²) < 4.78 is 0. The number of hydrogen-bond acceptors (Lipinski definition) is 1. The summed E-state index contributed by atoms with van der Waals surface area (Å²) in [6.07, 6.45) is 6.13. The van der Waals surface area contributed by atoms with Crippen LogP contribution < -0.4 is 0 Å². The van der Waals surface area contributed by atoms with Crippen LogP contribution in [0.2, 0.25) is 0 Å². The molecule has 0 aromatic carbocycles. The maximum absolute atomic E-state index is 9.18. The average molecular weight is 138 g/mol. The highest BCUT2D eigenvalue weighted by Crippen LogP contribution is 2.18. The fourth-order valence-electron chi connectivity index (χ4n) is 1.17. The van der Waals surface area contributed by atoms with E-state index in [1.54, 1.807) is 6.92 Å². The first kappa shape index (κ1) is 7.55. The Morgan fingerprint density at radius 1 is 1.60 bits per heavy atom. The fraction of sp³-hybridized carbons (Fsp3) is 0.556. The van der Waals surface area contributed by atoms with Gasteiger partial charge in [-0.05, 0) is 32.3 Å². The van der Waals surface area contributed by atoms with Gasteiger partial charge in [-0.1, -0.05) is 17.7 Å². The van der Waals surface area contributed by atoms with Crippen LogP contribution >= 0.6 is 0 Å². The molecule has 10 heavy (non-hydrogen) atoms. The van der Waals surface area contributed by atoms with Gasteiger partial charge in [0, 0.05) is 0 Å². The number of rotatable bonds is 1. The third-order valence-electron chi connectivity index (χ3n) is 1.81. The highest BCUT2D eigenvalue weighted by molar-refractivity contribution is 5.29. The first-order valence-corrected chi connectivity index (χ1v) is 3.75. The Morgan fingerprint density at radius 2 is 2.30 bits per heavy atom. The van der Waals surface area contributed by atoms with Crippen LogP contribution in [0.1, 0.15) is 26.7 Å². The maximum atomic E-state index is 9.18. The van der Waals surface area contributed by atoms with Crippen molar-refractivity contribution in [1.29, 1.82) is 0 Å². The van der Waals surface area contributed by atoms with Crippen LogP contribution in [0.3, 0.4) is 0 Å². The van der Waals surface area contributed by atoms with Crippen molar-refractivity contribution in [2.45, 2.75) is 32.8 Å². The van der Waals surface area contributed by atoms with E-state index >= 15 is 0 Å². The Labute approximate surface area is 62.1 Å². The topological polar surface area (TPSA) is 20.2 Å². The molecule has 0 aromatic heterocycles. The summed E-state index contributed by atoms with van der Waals surface area (Å²) in [6, 6.07) is 0. The molecule has 0 heterocycles. The zero-order chi connectivity index (χ0) is 7.56. The molecule has 1 nitrogen and oxygen atoms in total. The van der Waals surface area contributed by atoms with Gasteiger partial charge in [0.2, 0.25) is 0 Å². The molecule has 0 aromatic rings. The Balaban J connectivity index is 2.69. The van der Waals surface area contributed by atoms with Crippen LogP contribution in [-0.4, -0.2) is 11.2 Å². The minimum Gasteiger partial charge on any atom is -0.389 e. The molecule has 1 atom stereocenters. The van der Waals surface area contributed by atoms with Crippen molar-refractivity contribution < 1.29 is 5.11 Å². The van der Waals surface area contributed by atoms with Crippen LogP contribution in [0.15, 0.2) is 23.3 Å². The molecule has 0 saturated carbocycles. The largest absolute Gasteiger partial charge is 0.389 e. The van der Waals surface area contributed by atoms with E-state index in [2.05, 4.69) is 19.1 Å². The van der Waals surface area contributed by atoms with Gasteiger partial charge in [-0.25, -0.2) is 0 Å². The molecule has 1 unspecified atom stereocenters. The fourth-order valence-corrected chi connectivity index (χ4v) is 1.17. The van der Waals surface area contributed by atoms with Gasteiger partial charge in [-0.3, -0.25) is 0 Å². The summed E-state index contributed by atoms with van der Waals surface area (Å²) in [7, 11) is 0. The second kappa shape index (κ2) is 3.02. The molecule has 1 aliphatic carbocycles. The molecule has 0 radical (unpaired) electrons. The van der Waals surface area contributed by atoms with Gasteiger partial charge < -0.3 is 5.11 Å². The SMILES string of the molecule is CC1=CC(C(C)O)=CCC1. The molecule has 0 saturated heterocycles. The molecule has 0 amide bonds. The van der Waals surface area contributed by atoms with Crippen LogP contribution in [0.4, 0.5) is 0 Å². The molecule has 1 N–H and O–H groups in total. The molecule has 1 aliphatic rings. The van der Waals surface area contributed by atoms with E-state index in [1.165, 1.54) is 5.57 Å². The Bertz CT molecular complexity index is 175. The summed E-state index contributed by atoms with van der Waals surface area (Å²) in [6.45, 7) is 3.91. The second-order valence-corrected chi connectivity index (χ2v) is 2.91. The van der Waals surface area contributed by atoms with Crippen LogP contribution in [0.25, 0.3) is 0 Å². The Morgan fingerprint density at radius 3 is 2.70 bits per heavy atom. The predicted octanol–water partition coefficient (Wildman–Crippen LogP) is 2.03. The zero-order valence-corrected chi connectivity index (χ0v) is 6.59. The van der Waals surface area contributed by atoms with Crippen LogP contribution in [0, 0.1) is 0 Å². The van der Waals surface area contributed by atoms with Crippen LogP contribution in [-0.2, 0) is 0 Å². The van der Waals surface area contributed by atoms with Crippen molar-refractivity contribution in [3.8, 4) is 0 Å². The second-order valence-electron chi connectivity index (χ2n) is 2.91. The maximum Gasteiger partial charge on any atom is 0.0758 e. The third kappa shape index (κ3) is 1.71. The van der Waals surface area contributed by atoms with Crippen molar-refractivity contribution in [3.05, 3.63) is 23.3 Å². The number of hydrogen-bond donors (Lipinski definition) is 1. The van der Waals surface area contributed by atoms with Crippen molar-refractivity contribution >= 4 is 0 Å². The number of aliphatic hydroxyl groups is 1. The number of allylic oxidation sites excluding steroid dienone is 2. The van der Waals surface area contributed by atoms with Gasteiger partial charge in [-0.15, -0.1) is 0 Å². The zero-order valence-electron chi connectivity index (χ0n) is 6.59. The number of aliphatic hydroxyl groups excluding tert-OH is 1. The highest BCUT2D eigenvalue weighted by atomic mass is 16.3. The van der Waals surface area contributed by atoms with E-state index in [1.807, 2.05) is 0 Å². The third-order valence-corrected chi connectivity index (χ3v) is 1.81. The Hall–Kier alpha value is -0.560. The van der Waals surface area contributed by atoms with Gasteiger partial charge in [-0.2, -0.15) is 0 Å². The standard InChI is InChI=1S/C9H14O/c1-7-4-3-5-9(6-7)8(2)10/h5-6,8,10H,3-4H2,1-2H3. The lowest BCUT2D eigenvalue weighted by Gasteiger charge is -2.12. The lowest BCUT2D eigenvalue weighted by molar-refractivity contribution is 0.234. The van der Waals surface area contributed by atoms with Gasteiger partial charge in [0.1, 0.15) is 0 Å². The summed E-state index contributed by atoms with van der Waals surface area (Å²) in [5.41, 5.74) is 2.45. The van der Waals surface area contributed by atoms with Gasteiger partial charge >= 0.3 is 0 Å². The molecule has 56 valence electrons. The quantitative estimate of drug-likeness (QED) is 0.588. The minimum absolute atomic E-state index is 0.296. The first-order chi connectivity index (χ1) is 4.70. The monoisotopic (exact) mass is 138 g/mol.